The predicted molar refractivity (Wildman–Crippen MR) is 123 cm³/mol. The molecule has 0 saturated carbocycles. The zero-order chi connectivity index (χ0) is 22.5. The Bertz CT molecular complexity index is 941. The first-order valence-electron chi connectivity index (χ1n) is 11.2. The van der Waals surface area contributed by atoms with Crippen LogP contribution in [-0.4, -0.2) is 75.1 Å². The van der Waals surface area contributed by atoms with Gasteiger partial charge in [0, 0.05) is 57.4 Å². The first-order chi connectivity index (χ1) is 15.6. The number of methoxy groups -OCH3 is 2. The molecule has 7 heteroatoms. The zero-order valence-electron chi connectivity index (χ0n) is 18.8. The molecule has 0 aromatic heterocycles. The predicted octanol–water partition coefficient (Wildman–Crippen LogP) is 2.44. The van der Waals surface area contributed by atoms with Crippen LogP contribution in [-0.2, 0) is 16.0 Å². The molecule has 4 rings (SSSR count). The fourth-order valence-corrected chi connectivity index (χ4v) is 4.50. The van der Waals surface area contributed by atoms with Crippen molar-refractivity contribution in [2.24, 2.45) is 5.92 Å². The van der Waals surface area contributed by atoms with Crippen molar-refractivity contribution in [3.8, 4) is 11.5 Å². The summed E-state index contributed by atoms with van der Waals surface area (Å²) in [5.41, 5.74) is 2.07. The van der Waals surface area contributed by atoms with Crippen molar-refractivity contribution >= 4 is 17.5 Å². The summed E-state index contributed by atoms with van der Waals surface area (Å²) in [6.45, 7) is 4.59. The monoisotopic (exact) mass is 437 g/mol. The van der Waals surface area contributed by atoms with E-state index in [1.54, 1.807) is 31.3 Å². The van der Waals surface area contributed by atoms with Gasteiger partial charge in [0.15, 0.2) is 11.5 Å². The highest BCUT2D eigenvalue weighted by molar-refractivity contribution is 6.00. The Balaban J connectivity index is 1.30. The lowest BCUT2D eigenvalue weighted by Crippen LogP contribution is -2.51. The third-order valence-electron chi connectivity index (χ3n) is 6.40. The van der Waals surface area contributed by atoms with Gasteiger partial charge in [0.1, 0.15) is 0 Å². The quantitative estimate of drug-likeness (QED) is 0.666. The SMILES string of the molecule is COc1ccc(N2CC(C(=O)N3CCN(CCc4ccccc4)CC3)CC2=O)cc1OC. The van der Waals surface area contributed by atoms with Crippen molar-refractivity contribution in [3.05, 3.63) is 54.1 Å². The van der Waals surface area contributed by atoms with E-state index in [0.29, 0.717) is 31.1 Å². The van der Waals surface area contributed by atoms with Gasteiger partial charge in [-0.2, -0.15) is 0 Å². The summed E-state index contributed by atoms with van der Waals surface area (Å²) >= 11 is 0. The number of rotatable bonds is 7. The largest absolute Gasteiger partial charge is 0.493 e. The Morgan fingerprint density at radius 3 is 2.38 bits per heavy atom. The Morgan fingerprint density at radius 1 is 0.969 bits per heavy atom. The second kappa shape index (κ2) is 10.0. The molecule has 2 heterocycles. The molecule has 1 unspecified atom stereocenters. The highest BCUT2D eigenvalue weighted by atomic mass is 16.5. The number of hydrogen-bond donors (Lipinski definition) is 0. The summed E-state index contributed by atoms with van der Waals surface area (Å²) in [4.78, 5) is 31.8. The number of benzene rings is 2. The third kappa shape index (κ3) is 4.88. The molecular formula is C25H31N3O4. The highest BCUT2D eigenvalue weighted by Crippen LogP contribution is 2.34. The van der Waals surface area contributed by atoms with Gasteiger partial charge in [-0.15, -0.1) is 0 Å². The number of amides is 2. The van der Waals surface area contributed by atoms with Gasteiger partial charge in [-0.25, -0.2) is 0 Å². The fraction of sp³-hybridized carbons (Fsp3) is 0.440. The Morgan fingerprint density at radius 2 is 1.69 bits per heavy atom. The lowest BCUT2D eigenvalue weighted by atomic mass is 10.1. The van der Waals surface area contributed by atoms with E-state index in [4.69, 9.17) is 9.47 Å². The van der Waals surface area contributed by atoms with E-state index in [0.717, 1.165) is 31.7 Å². The van der Waals surface area contributed by atoms with Gasteiger partial charge >= 0.3 is 0 Å². The number of hydrogen-bond acceptors (Lipinski definition) is 5. The Hall–Kier alpha value is -3.06. The lowest BCUT2D eigenvalue weighted by Gasteiger charge is -2.36. The lowest BCUT2D eigenvalue weighted by molar-refractivity contribution is -0.137. The second-order valence-electron chi connectivity index (χ2n) is 8.35. The summed E-state index contributed by atoms with van der Waals surface area (Å²) in [5.74, 6) is 0.937. The van der Waals surface area contributed by atoms with Gasteiger partial charge in [-0.3, -0.25) is 14.5 Å². The molecule has 7 nitrogen and oxygen atoms in total. The maximum atomic E-state index is 13.1. The maximum absolute atomic E-state index is 13.1. The standard InChI is InChI=1S/C25H31N3O4/c1-31-22-9-8-21(17-23(22)32-2)28-18-20(16-24(28)29)25(30)27-14-12-26(13-15-27)11-10-19-6-4-3-5-7-19/h3-9,17,20H,10-16,18H2,1-2H3. The van der Waals surface area contributed by atoms with E-state index >= 15 is 0 Å². The van der Waals surface area contributed by atoms with E-state index in [9.17, 15) is 9.59 Å². The van der Waals surface area contributed by atoms with Gasteiger partial charge in [-0.05, 0) is 24.1 Å². The molecule has 32 heavy (non-hydrogen) atoms. The molecule has 2 aliphatic heterocycles. The van der Waals surface area contributed by atoms with E-state index in [2.05, 4.69) is 29.2 Å². The summed E-state index contributed by atoms with van der Waals surface area (Å²) < 4.78 is 10.6. The van der Waals surface area contributed by atoms with Gasteiger partial charge in [-0.1, -0.05) is 30.3 Å². The first-order valence-corrected chi connectivity index (χ1v) is 11.2. The van der Waals surface area contributed by atoms with Crippen LogP contribution in [0.25, 0.3) is 0 Å². The number of nitrogens with zero attached hydrogens (tertiary/aromatic N) is 3. The van der Waals surface area contributed by atoms with Crippen LogP contribution in [0.15, 0.2) is 48.5 Å². The number of carbonyl (C=O) groups is 2. The summed E-state index contributed by atoms with van der Waals surface area (Å²) in [6, 6.07) is 15.9. The topological polar surface area (TPSA) is 62.3 Å². The molecule has 0 aliphatic carbocycles. The molecule has 0 N–H and O–H groups in total. The third-order valence-corrected chi connectivity index (χ3v) is 6.40. The molecule has 0 radical (unpaired) electrons. The minimum absolute atomic E-state index is 0.0305. The first kappa shape index (κ1) is 22.1. The van der Waals surface area contributed by atoms with Gasteiger partial charge in [0.2, 0.25) is 11.8 Å². The minimum atomic E-state index is -0.300. The van der Waals surface area contributed by atoms with E-state index in [-0.39, 0.29) is 24.2 Å². The Labute approximate surface area is 189 Å². The van der Waals surface area contributed by atoms with E-state index < -0.39 is 0 Å². The van der Waals surface area contributed by atoms with E-state index in [1.807, 2.05) is 17.0 Å². The van der Waals surface area contributed by atoms with Crippen LogP contribution in [0.2, 0.25) is 0 Å². The average Bonchev–Trinajstić information content (AvgIpc) is 3.24. The van der Waals surface area contributed by atoms with Crippen LogP contribution in [0.4, 0.5) is 5.69 Å². The molecular weight excluding hydrogens is 406 g/mol. The molecule has 170 valence electrons. The number of carbonyl (C=O) groups excluding carboxylic acids is 2. The molecule has 0 spiro atoms. The van der Waals surface area contributed by atoms with Crippen molar-refractivity contribution in [1.82, 2.24) is 9.80 Å². The van der Waals surface area contributed by atoms with Gasteiger partial charge in [0.25, 0.3) is 0 Å². The molecule has 2 aliphatic rings. The van der Waals surface area contributed by atoms with Gasteiger partial charge in [0.05, 0.1) is 20.1 Å². The molecule has 2 aromatic rings. The van der Waals surface area contributed by atoms with Crippen molar-refractivity contribution in [3.63, 3.8) is 0 Å². The normalized spacial score (nSPS) is 19.3. The average molecular weight is 438 g/mol. The maximum Gasteiger partial charge on any atom is 0.228 e. The summed E-state index contributed by atoms with van der Waals surface area (Å²) in [5, 5.41) is 0. The van der Waals surface area contributed by atoms with Crippen LogP contribution < -0.4 is 14.4 Å². The van der Waals surface area contributed by atoms with Crippen LogP contribution in [0, 0.1) is 5.92 Å². The molecule has 0 bridgehead atoms. The van der Waals surface area contributed by atoms with Crippen molar-refractivity contribution in [1.29, 1.82) is 0 Å². The molecule has 2 saturated heterocycles. The number of piperazine rings is 1. The van der Waals surface area contributed by atoms with E-state index in [1.165, 1.54) is 5.56 Å². The van der Waals surface area contributed by atoms with Crippen LogP contribution >= 0.6 is 0 Å². The zero-order valence-corrected chi connectivity index (χ0v) is 18.8. The number of anilines is 1. The summed E-state index contributed by atoms with van der Waals surface area (Å²) in [7, 11) is 3.15. The number of ether oxygens (including phenoxy) is 2. The van der Waals surface area contributed by atoms with Crippen molar-refractivity contribution < 1.29 is 19.1 Å². The van der Waals surface area contributed by atoms with Crippen LogP contribution in [0.1, 0.15) is 12.0 Å². The smallest absolute Gasteiger partial charge is 0.228 e. The minimum Gasteiger partial charge on any atom is -0.493 e. The molecule has 1 atom stereocenters. The van der Waals surface area contributed by atoms with Gasteiger partial charge < -0.3 is 19.3 Å². The molecule has 2 fully saturated rings. The summed E-state index contributed by atoms with van der Waals surface area (Å²) in [6.07, 6.45) is 1.27. The molecule has 2 amide bonds. The van der Waals surface area contributed by atoms with Crippen LogP contribution in [0.3, 0.4) is 0 Å². The van der Waals surface area contributed by atoms with Crippen LogP contribution in [0.5, 0.6) is 11.5 Å². The second-order valence-corrected chi connectivity index (χ2v) is 8.35. The molecule has 2 aromatic carbocycles. The van der Waals surface area contributed by atoms with Crippen molar-refractivity contribution in [2.75, 3.05) is 58.4 Å². The van der Waals surface area contributed by atoms with Crippen molar-refractivity contribution in [2.45, 2.75) is 12.8 Å². The fourth-order valence-electron chi connectivity index (χ4n) is 4.50. The highest BCUT2D eigenvalue weighted by Gasteiger charge is 2.38. The Kier molecular flexibility index (Phi) is 6.95.